The lowest BCUT2D eigenvalue weighted by Crippen LogP contribution is -2.03. The SMILES string of the molecule is C[C@@H](O)Cc1ccc(OCc2ccccc2)cc1. The first kappa shape index (κ1) is 12.7. The molecule has 0 saturated carbocycles. The second-order valence-corrected chi connectivity index (χ2v) is 4.47. The lowest BCUT2D eigenvalue weighted by atomic mass is 10.1. The van der Waals surface area contributed by atoms with Gasteiger partial charge in [-0.1, -0.05) is 42.5 Å². The minimum absolute atomic E-state index is 0.305. The molecule has 1 atom stereocenters. The molecule has 94 valence electrons. The Morgan fingerprint density at radius 3 is 2.22 bits per heavy atom. The normalized spacial score (nSPS) is 12.1. The van der Waals surface area contributed by atoms with Crippen molar-refractivity contribution in [3.63, 3.8) is 0 Å². The summed E-state index contributed by atoms with van der Waals surface area (Å²) in [6.45, 7) is 2.37. The van der Waals surface area contributed by atoms with E-state index in [1.165, 1.54) is 0 Å². The van der Waals surface area contributed by atoms with Crippen LogP contribution in [-0.2, 0) is 13.0 Å². The standard InChI is InChI=1S/C16H18O2/c1-13(17)11-14-7-9-16(10-8-14)18-12-15-5-3-2-4-6-15/h2-10,13,17H,11-12H2,1H3/t13-/m1/s1. The van der Waals surface area contributed by atoms with Crippen LogP contribution in [0.15, 0.2) is 54.6 Å². The van der Waals surface area contributed by atoms with E-state index in [0.717, 1.165) is 16.9 Å². The van der Waals surface area contributed by atoms with Crippen LogP contribution < -0.4 is 4.74 Å². The van der Waals surface area contributed by atoms with Gasteiger partial charge in [0.05, 0.1) is 6.10 Å². The third kappa shape index (κ3) is 3.90. The molecule has 0 aliphatic carbocycles. The first-order chi connectivity index (χ1) is 8.74. The molecule has 0 aromatic heterocycles. The van der Waals surface area contributed by atoms with E-state index in [9.17, 15) is 5.11 Å². The molecule has 0 aliphatic rings. The van der Waals surface area contributed by atoms with Crippen LogP contribution >= 0.6 is 0 Å². The maximum atomic E-state index is 9.30. The molecule has 2 aromatic rings. The summed E-state index contributed by atoms with van der Waals surface area (Å²) in [5, 5.41) is 9.30. The Bertz CT molecular complexity index is 460. The second-order valence-electron chi connectivity index (χ2n) is 4.47. The molecule has 0 heterocycles. The third-order valence-electron chi connectivity index (χ3n) is 2.70. The zero-order valence-electron chi connectivity index (χ0n) is 10.5. The van der Waals surface area contributed by atoms with Gasteiger partial charge in [-0.3, -0.25) is 0 Å². The summed E-state index contributed by atoms with van der Waals surface area (Å²) in [5.41, 5.74) is 2.28. The van der Waals surface area contributed by atoms with Crippen molar-refractivity contribution in [2.75, 3.05) is 0 Å². The summed E-state index contributed by atoms with van der Waals surface area (Å²) in [5.74, 6) is 0.855. The van der Waals surface area contributed by atoms with Gasteiger partial charge in [0.2, 0.25) is 0 Å². The number of rotatable bonds is 5. The average Bonchev–Trinajstić information content (AvgIpc) is 2.38. The van der Waals surface area contributed by atoms with E-state index in [1.807, 2.05) is 54.6 Å². The molecule has 0 spiro atoms. The second kappa shape index (κ2) is 6.22. The van der Waals surface area contributed by atoms with E-state index in [2.05, 4.69) is 0 Å². The summed E-state index contributed by atoms with van der Waals surface area (Å²) in [4.78, 5) is 0. The van der Waals surface area contributed by atoms with E-state index in [4.69, 9.17) is 4.74 Å². The van der Waals surface area contributed by atoms with Crippen LogP contribution in [0.1, 0.15) is 18.1 Å². The molecule has 0 bridgehead atoms. The highest BCUT2D eigenvalue weighted by molar-refractivity contribution is 5.28. The summed E-state index contributed by atoms with van der Waals surface area (Å²) in [7, 11) is 0. The minimum atomic E-state index is -0.305. The molecule has 0 amide bonds. The van der Waals surface area contributed by atoms with Crippen LogP contribution in [0.4, 0.5) is 0 Å². The van der Waals surface area contributed by atoms with Gasteiger partial charge in [-0.15, -0.1) is 0 Å². The number of hydrogen-bond acceptors (Lipinski definition) is 2. The summed E-state index contributed by atoms with van der Waals surface area (Å²) in [6, 6.07) is 18.0. The molecular formula is C16H18O2. The highest BCUT2D eigenvalue weighted by atomic mass is 16.5. The van der Waals surface area contributed by atoms with E-state index >= 15 is 0 Å². The van der Waals surface area contributed by atoms with Crippen molar-refractivity contribution in [2.45, 2.75) is 26.1 Å². The summed E-state index contributed by atoms with van der Waals surface area (Å²) >= 11 is 0. The first-order valence-corrected chi connectivity index (χ1v) is 6.18. The largest absolute Gasteiger partial charge is 0.489 e. The van der Waals surface area contributed by atoms with Crippen LogP contribution in [0.5, 0.6) is 5.75 Å². The van der Waals surface area contributed by atoms with Gasteiger partial charge in [-0.2, -0.15) is 0 Å². The molecular weight excluding hydrogens is 224 g/mol. The molecule has 0 saturated heterocycles. The quantitative estimate of drug-likeness (QED) is 0.872. The van der Waals surface area contributed by atoms with Gasteiger partial charge in [-0.25, -0.2) is 0 Å². The predicted octanol–water partition coefficient (Wildman–Crippen LogP) is 3.19. The number of aliphatic hydroxyl groups is 1. The zero-order valence-corrected chi connectivity index (χ0v) is 10.5. The van der Waals surface area contributed by atoms with Gasteiger partial charge in [0.1, 0.15) is 12.4 Å². The maximum absolute atomic E-state index is 9.30. The topological polar surface area (TPSA) is 29.5 Å². The first-order valence-electron chi connectivity index (χ1n) is 6.18. The van der Waals surface area contributed by atoms with Crippen LogP contribution in [0.25, 0.3) is 0 Å². The highest BCUT2D eigenvalue weighted by Gasteiger charge is 2.00. The zero-order chi connectivity index (χ0) is 12.8. The lowest BCUT2D eigenvalue weighted by molar-refractivity contribution is 0.195. The number of ether oxygens (including phenoxy) is 1. The van der Waals surface area contributed by atoms with Crippen LogP contribution in [0.3, 0.4) is 0 Å². The molecule has 1 N–H and O–H groups in total. The Morgan fingerprint density at radius 1 is 0.944 bits per heavy atom. The fraction of sp³-hybridized carbons (Fsp3) is 0.250. The average molecular weight is 242 g/mol. The van der Waals surface area contributed by atoms with Gasteiger partial charge < -0.3 is 9.84 Å². The monoisotopic (exact) mass is 242 g/mol. The summed E-state index contributed by atoms with van der Waals surface area (Å²) in [6.07, 6.45) is 0.375. The van der Waals surface area contributed by atoms with Gasteiger partial charge in [0.25, 0.3) is 0 Å². The van der Waals surface area contributed by atoms with Gasteiger partial charge in [-0.05, 0) is 36.6 Å². The van der Waals surface area contributed by atoms with Crippen molar-refractivity contribution in [1.82, 2.24) is 0 Å². The van der Waals surface area contributed by atoms with Crippen molar-refractivity contribution >= 4 is 0 Å². The Hall–Kier alpha value is -1.80. The molecule has 0 aliphatic heterocycles. The Morgan fingerprint density at radius 2 is 1.61 bits per heavy atom. The number of hydrogen-bond donors (Lipinski definition) is 1. The van der Waals surface area contributed by atoms with E-state index in [1.54, 1.807) is 6.92 Å². The van der Waals surface area contributed by atoms with Crippen molar-refractivity contribution in [3.8, 4) is 5.75 Å². The fourth-order valence-corrected chi connectivity index (χ4v) is 1.80. The van der Waals surface area contributed by atoms with Crippen LogP contribution in [0.2, 0.25) is 0 Å². The number of benzene rings is 2. The van der Waals surface area contributed by atoms with Crippen molar-refractivity contribution in [3.05, 3.63) is 65.7 Å². The molecule has 2 aromatic carbocycles. The Balaban J connectivity index is 1.90. The minimum Gasteiger partial charge on any atom is -0.489 e. The molecule has 2 heteroatoms. The smallest absolute Gasteiger partial charge is 0.119 e. The lowest BCUT2D eigenvalue weighted by Gasteiger charge is -2.08. The van der Waals surface area contributed by atoms with Crippen molar-refractivity contribution < 1.29 is 9.84 Å². The molecule has 18 heavy (non-hydrogen) atoms. The summed E-state index contributed by atoms with van der Waals surface area (Å²) < 4.78 is 5.69. The van der Waals surface area contributed by atoms with Gasteiger partial charge in [0, 0.05) is 0 Å². The van der Waals surface area contributed by atoms with Crippen LogP contribution in [-0.4, -0.2) is 11.2 Å². The number of aliphatic hydroxyl groups excluding tert-OH is 1. The molecule has 0 fully saturated rings. The van der Waals surface area contributed by atoms with Gasteiger partial charge in [0.15, 0.2) is 0 Å². The fourth-order valence-electron chi connectivity index (χ4n) is 1.80. The third-order valence-corrected chi connectivity index (χ3v) is 2.70. The van der Waals surface area contributed by atoms with E-state index in [-0.39, 0.29) is 6.10 Å². The van der Waals surface area contributed by atoms with Gasteiger partial charge >= 0.3 is 0 Å². The maximum Gasteiger partial charge on any atom is 0.119 e. The molecule has 0 radical (unpaired) electrons. The van der Waals surface area contributed by atoms with E-state index in [0.29, 0.717) is 13.0 Å². The van der Waals surface area contributed by atoms with E-state index < -0.39 is 0 Å². The Kier molecular flexibility index (Phi) is 4.37. The molecule has 2 rings (SSSR count). The highest BCUT2D eigenvalue weighted by Crippen LogP contribution is 2.15. The molecule has 0 unspecified atom stereocenters. The predicted molar refractivity (Wildman–Crippen MR) is 72.6 cm³/mol. The van der Waals surface area contributed by atoms with Crippen molar-refractivity contribution in [2.24, 2.45) is 0 Å². The van der Waals surface area contributed by atoms with Crippen LogP contribution in [0, 0.1) is 0 Å². The molecule has 2 nitrogen and oxygen atoms in total. The van der Waals surface area contributed by atoms with Crippen molar-refractivity contribution in [1.29, 1.82) is 0 Å². The Labute approximate surface area is 108 Å².